The van der Waals surface area contributed by atoms with E-state index in [4.69, 9.17) is 28.9 Å². The van der Waals surface area contributed by atoms with Gasteiger partial charge in [-0.3, -0.25) is 0 Å². The van der Waals surface area contributed by atoms with E-state index in [-0.39, 0.29) is 5.02 Å². The summed E-state index contributed by atoms with van der Waals surface area (Å²) in [5.41, 5.74) is 7.38. The van der Waals surface area contributed by atoms with Crippen molar-refractivity contribution in [2.75, 3.05) is 11.1 Å². The summed E-state index contributed by atoms with van der Waals surface area (Å²) in [7, 11) is 0. The Balaban J connectivity index is 2.43. The molecule has 0 amide bonds. The molecule has 0 aliphatic carbocycles. The topological polar surface area (TPSA) is 38.0 Å². The number of benzene rings is 2. The Morgan fingerprint density at radius 1 is 1.17 bits per heavy atom. The molecule has 0 spiro atoms. The zero-order chi connectivity index (χ0) is 13.3. The quantitative estimate of drug-likeness (QED) is 0.729. The van der Waals surface area contributed by atoms with E-state index in [1.165, 1.54) is 12.1 Å². The fourth-order valence-electron chi connectivity index (χ4n) is 1.44. The Labute approximate surface area is 122 Å². The molecule has 2 aromatic rings. The third-order valence-corrected chi connectivity index (χ3v) is 3.57. The van der Waals surface area contributed by atoms with Gasteiger partial charge in [-0.1, -0.05) is 29.3 Å². The van der Waals surface area contributed by atoms with Gasteiger partial charge >= 0.3 is 0 Å². The van der Waals surface area contributed by atoms with Gasteiger partial charge in [-0.15, -0.1) is 0 Å². The van der Waals surface area contributed by atoms with Gasteiger partial charge in [-0.05, 0) is 40.2 Å². The number of nitrogens with one attached hydrogen (secondary N) is 1. The highest BCUT2D eigenvalue weighted by atomic mass is 79.9. The van der Waals surface area contributed by atoms with Crippen LogP contribution in [0, 0.1) is 5.82 Å². The van der Waals surface area contributed by atoms with Crippen LogP contribution in [0.3, 0.4) is 0 Å². The van der Waals surface area contributed by atoms with Crippen LogP contribution in [0.5, 0.6) is 0 Å². The van der Waals surface area contributed by atoms with Gasteiger partial charge in [0.05, 0.1) is 27.1 Å². The van der Waals surface area contributed by atoms with E-state index in [1.807, 2.05) is 0 Å². The van der Waals surface area contributed by atoms with Crippen LogP contribution in [0.1, 0.15) is 0 Å². The molecule has 2 aromatic carbocycles. The summed E-state index contributed by atoms with van der Waals surface area (Å²) in [4.78, 5) is 0. The van der Waals surface area contributed by atoms with Crippen molar-refractivity contribution in [1.82, 2.24) is 0 Å². The van der Waals surface area contributed by atoms with E-state index in [0.29, 0.717) is 26.6 Å². The molecular weight excluding hydrogens is 342 g/mol. The monoisotopic (exact) mass is 348 g/mol. The zero-order valence-corrected chi connectivity index (χ0v) is 12.1. The summed E-state index contributed by atoms with van der Waals surface area (Å²) in [5, 5.41) is 3.71. The maximum absolute atomic E-state index is 13.1. The fourth-order valence-corrected chi connectivity index (χ4v) is 2.52. The van der Waals surface area contributed by atoms with Crippen LogP contribution in [0.2, 0.25) is 10.0 Å². The average Bonchev–Trinajstić information content (AvgIpc) is 2.28. The first-order valence-electron chi connectivity index (χ1n) is 4.94. The van der Waals surface area contributed by atoms with Crippen molar-refractivity contribution in [1.29, 1.82) is 0 Å². The van der Waals surface area contributed by atoms with Crippen LogP contribution in [0.25, 0.3) is 0 Å². The third kappa shape index (κ3) is 2.71. The van der Waals surface area contributed by atoms with Crippen molar-refractivity contribution in [2.24, 2.45) is 0 Å². The van der Waals surface area contributed by atoms with E-state index < -0.39 is 5.82 Å². The van der Waals surface area contributed by atoms with E-state index >= 15 is 0 Å². The number of nitrogens with two attached hydrogens (primary N) is 1. The van der Waals surface area contributed by atoms with Crippen LogP contribution in [-0.2, 0) is 0 Å². The first kappa shape index (κ1) is 13.5. The standard InChI is InChI=1S/C12H8BrCl2FN2/c13-7-4-6(16)5-9(15)12(7)18-10-3-1-2-8(14)11(10)17/h1-5,18H,17H2. The first-order chi connectivity index (χ1) is 8.49. The molecule has 2 nitrogen and oxygen atoms in total. The molecule has 3 N–H and O–H groups in total. The molecule has 0 atom stereocenters. The number of nitrogen functional groups attached to an aromatic ring is 1. The highest BCUT2D eigenvalue weighted by molar-refractivity contribution is 9.10. The Morgan fingerprint density at radius 3 is 2.56 bits per heavy atom. The van der Waals surface area contributed by atoms with E-state index in [0.717, 1.165) is 0 Å². The number of hydrogen-bond acceptors (Lipinski definition) is 2. The molecular formula is C12H8BrCl2FN2. The van der Waals surface area contributed by atoms with Crippen molar-refractivity contribution in [3.05, 3.63) is 50.7 Å². The van der Waals surface area contributed by atoms with Crippen molar-refractivity contribution in [3.63, 3.8) is 0 Å². The second-order valence-corrected chi connectivity index (χ2v) is 5.24. The summed E-state index contributed by atoms with van der Waals surface area (Å²) in [6.07, 6.45) is 0. The lowest BCUT2D eigenvalue weighted by Gasteiger charge is -2.13. The van der Waals surface area contributed by atoms with Gasteiger partial charge < -0.3 is 11.1 Å². The molecule has 0 fully saturated rings. The van der Waals surface area contributed by atoms with Gasteiger partial charge in [0.25, 0.3) is 0 Å². The second kappa shape index (κ2) is 5.34. The Morgan fingerprint density at radius 2 is 1.89 bits per heavy atom. The fraction of sp³-hybridized carbons (Fsp3) is 0. The van der Waals surface area contributed by atoms with Crippen molar-refractivity contribution in [2.45, 2.75) is 0 Å². The SMILES string of the molecule is Nc1c(Cl)cccc1Nc1c(Cl)cc(F)cc1Br. The average molecular weight is 350 g/mol. The number of para-hydroxylation sites is 1. The van der Waals surface area contributed by atoms with Crippen LogP contribution in [0.4, 0.5) is 21.5 Å². The van der Waals surface area contributed by atoms with Gasteiger partial charge in [0.2, 0.25) is 0 Å². The van der Waals surface area contributed by atoms with Gasteiger partial charge in [-0.2, -0.15) is 0 Å². The van der Waals surface area contributed by atoms with Crippen LogP contribution in [-0.4, -0.2) is 0 Å². The first-order valence-corrected chi connectivity index (χ1v) is 6.49. The summed E-state index contributed by atoms with van der Waals surface area (Å²) in [6.45, 7) is 0. The van der Waals surface area contributed by atoms with Crippen molar-refractivity contribution < 1.29 is 4.39 Å². The lowest BCUT2D eigenvalue weighted by Crippen LogP contribution is -1.98. The predicted octanol–water partition coefficient (Wildman–Crippen LogP) is 5.22. The Bertz CT molecular complexity index is 582. The third-order valence-electron chi connectivity index (χ3n) is 2.32. The van der Waals surface area contributed by atoms with Crippen molar-refractivity contribution in [3.8, 4) is 0 Å². The number of anilines is 3. The Hall–Kier alpha value is -0.970. The molecule has 0 aliphatic heterocycles. The zero-order valence-electron chi connectivity index (χ0n) is 8.98. The molecule has 6 heteroatoms. The molecule has 0 saturated heterocycles. The molecule has 0 aliphatic rings. The van der Waals surface area contributed by atoms with E-state index in [1.54, 1.807) is 18.2 Å². The highest BCUT2D eigenvalue weighted by Gasteiger charge is 2.10. The highest BCUT2D eigenvalue weighted by Crippen LogP contribution is 2.36. The normalized spacial score (nSPS) is 10.4. The maximum atomic E-state index is 13.1. The molecule has 18 heavy (non-hydrogen) atoms. The predicted molar refractivity (Wildman–Crippen MR) is 78.3 cm³/mol. The molecule has 94 valence electrons. The van der Waals surface area contributed by atoms with Gasteiger partial charge in [-0.25, -0.2) is 4.39 Å². The molecule has 0 radical (unpaired) electrons. The number of rotatable bonds is 2. The molecule has 2 rings (SSSR count). The lowest BCUT2D eigenvalue weighted by molar-refractivity contribution is 0.627. The summed E-state index contributed by atoms with van der Waals surface area (Å²) >= 11 is 15.1. The number of hydrogen-bond donors (Lipinski definition) is 2. The van der Waals surface area contributed by atoms with Gasteiger partial charge in [0.15, 0.2) is 0 Å². The van der Waals surface area contributed by atoms with Crippen LogP contribution >= 0.6 is 39.1 Å². The molecule has 0 heterocycles. The lowest BCUT2D eigenvalue weighted by atomic mass is 10.2. The van der Waals surface area contributed by atoms with Gasteiger partial charge in [0.1, 0.15) is 5.82 Å². The molecule has 0 saturated carbocycles. The molecule has 0 aromatic heterocycles. The molecule has 0 bridgehead atoms. The largest absolute Gasteiger partial charge is 0.396 e. The minimum absolute atomic E-state index is 0.251. The smallest absolute Gasteiger partial charge is 0.125 e. The number of halogens is 4. The molecule has 0 unspecified atom stereocenters. The van der Waals surface area contributed by atoms with E-state index in [9.17, 15) is 4.39 Å². The summed E-state index contributed by atoms with van der Waals surface area (Å²) < 4.78 is 13.6. The van der Waals surface area contributed by atoms with Crippen LogP contribution < -0.4 is 11.1 Å². The second-order valence-electron chi connectivity index (χ2n) is 3.57. The van der Waals surface area contributed by atoms with Gasteiger partial charge in [0, 0.05) is 4.47 Å². The summed E-state index contributed by atoms with van der Waals surface area (Å²) in [5.74, 6) is -0.420. The van der Waals surface area contributed by atoms with Crippen LogP contribution in [0.15, 0.2) is 34.8 Å². The van der Waals surface area contributed by atoms with E-state index in [2.05, 4.69) is 21.2 Å². The minimum atomic E-state index is -0.420. The maximum Gasteiger partial charge on any atom is 0.125 e. The van der Waals surface area contributed by atoms with Crippen molar-refractivity contribution >= 4 is 56.2 Å². The Kier molecular flexibility index (Phi) is 4.00. The summed E-state index contributed by atoms with van der Waals surface area (Å²) in [6, 6.07) is 7.73. The minimum Gasteiger partial charge on any atom is -0.396 e.